The van der Waals surface area contributed by atoms with Gasteiger partial charge in [0.05, 0.1) is 6.10 Å². The van der Waals surface area contributed by atoms with Crippen LogP contribution in [0.1, 0.15) is 59.3 Å². The molecule has 0 bridgehead atoms. The fourth-order valence-electron chi connectivity index (χ4n) is 1.95. The lowest BCUT2D eigenvalue weighted by atomic mass is 9.82. The van der Waals surface area contributed by atoms with Crippen molar-refractivity contribution in [3.8, 4) is 0 Å². The lowest BCUT2D eigenvalue weighted by Gasteiger charge is -2.34. The maximum Gasteiger partial charge on any atom is 0.327 e. The summed E-state index contributed by atoms with van der Waals surface area (Å²) in [5.41, 5.74) is 5.86. The van der Waals surface area contributed by atoms with Crippen LogP contribution in [0.15, 0.2) is 12.7 Å². The molecule has 0 aromatic carbocycles. The summed E-state index contributed by atoms with van der Waals surface area (Å²) < 4.78 is 0. The largest absolute Gasteiger partial charge is 0.478 e. The van der Waals surface area contributed by atoms with Crippen molar-refractivity contribution in [1.82, 2.24) is 0 Å². The molecule has 4 N–H and O–H groups in total. The van der Waals surface area contributed by atoms with Crippen LogP contribution in [0.2, 0.25) is 0 Å². The van der Waals surface area contributed by atoms with Crippen LogP contribution in [0.4, 0.5) is 0 Å². The lowest BCUT2D eigenvalue weighted by Crippen LogP contribution is -2.50. The van der Waals surface area contributed by atoms with Gasteiger partial charge in [-0.05, 0) is 19.3 Å². The minimum atomic E-state index is -0.981. The molecule has 0 aliphatic rings. The molecular weight excluding hydrogens is 230 g/mol. The van der Waals surface area contributed by atoms with E-state index in [2.05, 4.69) is 27.4 Å². The summed E-state index contributed by atoms with van der Waals surface area (Å²) in [4.78, 5) is 9.25. The van der Waals surface area contributed by atoms with E-state index in [1.807, 2.05) is 0 Å². The van der Waals surface area contributed by atoms with E-state index < -0.39 is 5.97 Å². The molecule has 0 heterocycles. The molecule has 1 atom stereocenters. The van der Waals surface area contributed by atoms with Crippen molar-refractivity contribution in [2.24, 2.45) is 5.73 Å². The van der Waals surface area contributed by atoms with Gasteiger partial charge in [-0.25, -0.2) is 4.79 Å². The second kappa shape index (κ2) is 11.2. The fraction of sp³-hybridized carbons (Fsp3) is 0.786. The zero-order valence-electron chi connectivity index (χ0n) is 12.0. The summed E-state index contributed by atoms with van der Waals surface area (Å²) in [5.74, 6) is -0.981. The normalized spacial score (nSPS) is 12.3. The van der Waals surface area contributed by atoms with E-state index in [4.69, 9.17) is 10.8 Å². The number of aliphatic hydroxyl groups is 1. The highest BCUT2D eigenvalue weighted by Crippen LogP contribution is 2.23. The molecule has 0 rings (SSSR count). The molecule has 0 aliphatic heterocycles. The van der Waals surface area contributed by atoms with Crippen LogP contribution in [0, 0.1) is 0 Å². The molecule has 1 unspecified atom stereocenters. The molecule has 4 nitrogen and oxygen atoms in total. The highest BCUT2D eigenvalue weighted by molar-refractivity contribution is 5.78. The van der Waals surface area contributed by atoms with Gasteiger partial charge in [0.1, 0.15) is 0 Å². The summed E-state index contributed by atoms with van der Waals surface area (Å²) >= 11 is 0. The number of hydrogen-bond donors (Lipinski definition) is 3. The van der Waals surface area contributed by atoms with Crippen LogP contribution in [-0.4, -0.2) is 27.8 Å². The molecular formula is C14H29NO3. The summed E-state index contributed by atoms with van der Waals surface area (Å²) in [6.07, 6.45) is 6.32. The number of carbonyl (C=O) groups is 1. The quantitative estimate of drug-likeness (QED) is 0.585. The topological polar surface area (TPSA) is 83.5 Å². The van der Waals surface area contributed by atoms with Crippen molar-refractivity contribution >= 4 is 5.97 Å². The Hall–Kier alpha value is -0.870. The van der Waals surface area contributed by atoms with Crippen LogP contribution in [0.25, 0.3) is 0 Å². The number of hydrogen-bond acceptors (Lipinski definition) is 3. The van der Waals surface area contributed by atoms with E-state index in [0.717, 1.165) is 44.6 Å². The second-order valence-electron chi connectivity index (χ2n) is 4.58. The van der Waals surface area contributed by atoms with Crippen molar-refractivity contribution in [1.29, 1.82) is 0 Å². The highest BCUT2D eigenvalue weighted by Gasteiger charge is 2.30. The van der Waals surface area contributed by atoms with Gasteiger partial charge in [0.2, 0.25) is 0 Å². The third-order valence-electron chi connectivity index (χ3n) is 2.83. The number of aliphatic carboxylic acids is 1. The van der Waals surface area contributed by atoms with E-state index in [1.54, 1.807) is 0 Å². The fourth-order valence-corrected chi connectivity index (χ4v) is 1.95. The van der Waals surface area contributed by atoms with Crippen molar-refractivity contribution in [2.75, 3.05) is 0 Å². The second-order valence-corrected chi connectivity index (χ2v) is 4.58. The maximum atomic E-state index is 9.91. The Balaban J connectivity index is 0. The van der Waals surface area contributed by atoms with Gasteiger partial charge < -0.3 is 15.9 Å². The lowest BCUT2D eigenvalue weighted by molar-refractivity contribution is -0.131. The first-order valence-corrected chi connectivity index (χ1v) is 6.70. The Morgan fingerprint density at radius 2 is 1.67 bits per heavy atom. The molecule has 4 heteroatoms. The van der Waals surface area contributed by atoms with Crippen LogP contribution in [-0.2, 0) is 4.79 Å². The molecule has 0 aromatic heterocycles. The molecule has 18 heavy (non-hydrogen) atoms. The number of rotatable bonds is 8. The van der Waals surface area contributed by atoms with Crippen molar-refractivity contribution < 1.29 is 15.0 Å². The minimum absolute atomic E-state index is 0.322. The first-order valence-electron chi connectivity index (χ1n) is 6.70. The first kappa shape index (κ1) is 19.5. The Morgan fingerprint density at radius 1 is 1.28 bits per heavy atom. The number of aliphatic hydroxyl groups excluding tert-OH is 1. The average molecular weight is 259 g/mol. The number of nitrogens with two attached hydrogens (primary N) is 1. The van der Waals surface area contributed by atoms with E-state index in [0.29, 0.717) is 0 Å². The molecule has 0 aromatic rings. The van der Waals surface area contributed by atoms with E-state index in [-0.39, 0.29) is 11.6 Å². The molecule has 0 amide bonds. The van der Waals surface area contributed by atoms with Gasteiger partial charge in [-0.1, -0.05) is 46.6 Å². The molecule has 0 spiro atoms. The predicted molar refractivity (Wildman–Crippen MR) is 75.5 cm³/mol. The molecule has 0 fully saturated rings. The van der Waals surface area contributed by atoms with Gasteiger partial charge in [0.25, 0.3) is 0 Å². The van der Waals surface area contributed by atoms with Crippen molar-refractivity contribution in [3.63, 3.8) is 0 Å². The third-order valence-corrected chi connectivity index (χ3v) is 2.83. The summed E-state index contributed by atoms with van der Waals surface area (Å²) in [5, 5.41) is 17.5. The van der Waals surface area contributed by atoms with Gasteiger partial charge in [-0.3, -0.25) is 0 Å². The molecule has 108 valence electrons. The Morgan fingerprint density at radius 3 is 1.89 bits per heavy atom. The smallest absolute Gasteiger partial charge is 0.327 e. The number of carboxylic acid groups (broad SMARTS) is 1. The van der Waals surface area contributed by atoms with E-state index in [9.17, 15) is 9.90 Å². The molecule has 0 aliphatic carbocycles. The maximum absolute atomic E-state index is 9.91. The Kier molecular flexibility index (Phi) is 12.2. The van der Waals surface area contributed by atoms with Gasteiger partial charge >= 0.3 is 5.97 Å². The first-order chi connectivity index (χ1) is 8.37. The van der Waals surface area contributed by atoms with Gasteiger partial charge in [0, 0.05) is 11.6 Å². The van der Waals surface area contributed by atoms with Crippen LogP contribution in [0.3, 0.4) is 0 Å². The van der Waals surface area contributed by atoms with Crippen LogP contribution < -0.4 is 5.73 Å². The Bertz CT molecular complexity index is 223. The third kappa shape index (κ3) is 9.19. The van der Waals surface area contributed by atoms with E-state index in [1.165, 1.54) is 0 Å². The zero-order chi connectivity index (χ0) is 14.6. The van der Waals surface area contributed by atoms with Crippen LogP contribution >= 0.6 is 0 Å². The predicted octanol–water partition coefficient (Wildman–Crippen LogP) is 2.70. The summed E-state index contributed by atoms with van der Waals surface area (Å²) in [6.45, 7) is 9.29. The molecule has 0 saturated heterocycles. The molecule has 0 saturated carbocycles. The standard InChI is InChI=1S/C11H25NO.C3H4O2/c1-4-7-10(13)11(12,8-5-2)9-6-3;1-2-3(4)5/h10,13H,4-9,12H2,1-3H3;2H,1H2,(H,4,5). The van der Waals surface area contributed by atoms with Gasteiger partial charge in [-0.2, -0.15) is 0 Å². The van der Waals surface area contributed by atoms with Crippen LogP contribution in [0.5, 0.6) is 0 Å². The van der Waals surface area contributed by atoms with Crippen molar-refractivity contribution in [3.05, 3.63) is 12.7 Å². The number of carboxylic acids is 1. The van der Waals surface area contributed by atoms with Gasteiger partial charge in [0.15, 0.2) is 0 Å². The van der Waals surface area contributed by atoms with E-state index >= 15 is 0 Å². The monoisotopic (exact) mass is 259 g/mol. The molecule has 0 radical (unpaired) electrons. The summed E-state index contributed by atoms with van der Waals surface area (Å²) in [7, 11) is 0. The average Bonchev–Trinajstić information content (AvgIpc) is 2.30. The highest BCUT2D eigenvalue weighted by atomic mass is 16.4. The minimum Gasteiger partial charge on any atom is -0.478 e. The SMILES string of the molecule is C=CC(=O)O.CCCC(O)C(N)(CCC)CCC. The van der Waals surface area contributed by atoms with Crippen molar-refractivity contribution in [2.45, 2.75) is 70.9 Å². The zero-order valence-corrected chi connectivity index (χ0v) is 12.0. The van der Waals surface area contributed by atoms with Gasteiger partial charge in [-0.15, -0.1) is 0 Å². The Labute approximate surface area is 111 Å². The summed E-state index contributed by atoms with van der Waals surface area (Å²) in [6, 6.07) is 0.